The number of hydrogen-bond acceptors (Lipinski definition) is 5. The summed E-state index contributed by atoms with van der Waals surface area (Å²) >= 11 is 0. The Labute approximate surface area is 142 Å². The van der Waals surface area contributed by atoms with E-state index < -0.39 is 0 Å². The van der Waals surface area contributed by atoms with Gasteiger partial charge in [-0.15, -0.1) is 0 Å². The van der Waals surface area contributed by atoms with Gasteiger partial charge in [-0.25, -0.2) is 4.79 Å². The van der Waals surface area contributed by atoms with Crippen LogP contribution in [0, 0.1) is 0 Å². The van der Waals surface area contributed by atoms with E-state index in [4.69, 9.17) is 13.9 Å². The first-order chi connectivity index (χ1) is 11.8. The SMILES string of the molecule is COC(=O)c1coc(CN(CCc2ccccc2)C2CCOC2)c1. The summed E-state index contributed by atoms with van der Waals surface area (Å²) in [6, 6.07) is 12.6. The van der Waals surface area contributed by atoms with Gasteiger partial charge in [-0.1, -0.05) is 30.3 Å². The molecule has 1 saturated heterocycles. The van der Waals surface area contributed by atoms with Gasteiger partial charge in [0.15, 0.2) is 0 Å². The van der Waals surface area contributed by atoms with E-state index in [1.807, 2.05) is 6.07 Å². The molecule has 1 fully saturated rings. The maximum Gasteiger partial charge on any atom is 0.341 e. The van der Waals surface area contributed by atoms with E-state index in [-0.39, 0.29) is 5.97 Å². The summed E-state index contributed by atoms with van der Waals surface area (Å²) in [4.78, 5) is 13.9. The van der Waals surface area contributed by atoms with Crippen LogP contribution in [0.2, 0.25) is 0 Å². The molecule has 0 bridgehead atoms. The Balaban J connectivity index is 1.65. The van der Waals surface area contributed by atoms with Gasteiger partial charge in [-0.2, -0.15) is 0 Å². The van der Waals surface area contributed by atoms with Gasteiger partial charge in [0.05, 0.1) is 25.8 Å². The number of rotatable bonds is 7. The molecule has 2 heterocycles. The minimum absolute atomic E-state index is 0.370. The zero-order valence-electron chi connectivity index (χ0n) is 13.9. The molecule has 5 heteroatoms. The number of hydrogen-bond donors (Lipinski definition) is 0. The normalized spacial score (nSPS) is 17.3. The molecule has 2 aromatic rings. The van der Waals surface area contributed by atoms with Crippen molar-refractivity contribution in [2.24, 2.45) is 0 Å². The predicted molar refractivity (Wildman–Crippen MR) is 89.8 cm³/mol. The van der Waals surface area contributed by atoms with Crippen LogP contribution >= 0.6 is 0 Å². The van der Waals surface area contributed by atoms with Crippen LogP contribution < -0.4 is 0 Å². The van der Waals surface area contributed by atoms with Gasteiger partial charge in [-0.05, 0) is 24.5 Å². The lowest BCUT2D eigenvalue weighted by Gasteiger charge is -2.26. The molecule has 1 unspecified atom stereocenters. The number of furan rings is 1. The molecule has 1 atom stereocenters. The van der Waals surface area contributed by atoms with Crippen LogP contribution in [-0.2, 0) is 22.4 Å². The van der Waals surface area contributed by atoms with Crippen molar-refractivity contribution < 1.29 is 18.7 Å². The van der Waals surface area contributed by atoms with E-state index in [0.717, 1.165) is 38.4 Å². The predicted octanol–water partition coefficient (Wildman–Crippen LogP) is 2.90. The van der Waals surface area contributed by atoms with Crippen LogP contribution in [0.5, 0.6) is 0 Å². The minimum atomic E-state index is -0.370. The quantitative estimate of drug-likeness (QED) is 0.731. The summed E-state index contributed by atoms with van der Waals surface area (Å²) in [6.07, 6.45) is 3.46. The van der Waals surface area contributed by atoms with Crippen LogP contribution in [0.25, 0.3) is 0 Å². The lowest BCUT2D eigenvalue weighted by atomic mass is 10.1. The molecule has 24 heavy (non-hydrogen) atoms. The van der Waals surface area contributed by atoms with Crippen molar-refractivity contribution >= 4 is 5.97 Å². The van der Waals surface area contributed by atoms with Gasteiger partial charge in [0.1, 0.15) is 12.0 Å². The smallest absolute Gasteiger partial charge is 0.341 e. The average Bonchev–Trinajstić information content (AvgIpc) is 3.30. The van der Waals surface area contributed by atoms with E-state index in [9.17, 15) is 4.79 Å². The average molecular weight is 329 g/mol. The van der Waals surface area contributed by atoms with E-state index in [2.05, 4.69) is 29.2 Å². The molecule has 0 spiro atoms. The van der Waals surface area contributed by atoms with E-state index in [1.165, 1.54) is 18.9 Å². The van der Waals surface area contributed by atoms with Crippen molar-refractivity contribution in [2.75, 3.05) is 26.9 Å². The summed E-state index contributed by atoms with van der Waals surface area (Å²) in [6.45, 7) is 3.14. The Morgan fingerprint density at radius 2 is 2.17 bits per heavy atom. The zero-order chi connectivity index (χ0) is 16.8. The first-order valence-electron chi connectivity index (χ1n) is 8.27. The molecule has 1 aromatic heterocycles. The Morgan fingerprint density at radius 1 is 1.33 bits per heavy atom. The summed E-state index contributed by atoms with van der Waals surface area (Å²) in [5.74, 6) is 0.403. The molecule has 0 radical (unpaired) electrons. The van der Waals surface area contributed by atoms with Crippen LogP contribution in [0.4, 0.5) is 0 Å². The fourth-order valence-electron chi connectivity index (χ4n) is 3.01. The highest BCUT2D eigenvalue weighted by atomic mass is 16.5. The third-order valence-corrected chi connectivity index (χ3v) is 4.39. The first kappa shape index (κ1) is 16.7. The summed E-state index contributed by atoms with van der Waals surface area (Å²) in [5, 5.41) is 0. The van der Waals surface area contributed by atoms with Crippen LogP contribution in [0.1, 0.15) is 28.1 Å². The molecule has 5 nitrogen and oxygen atoms in total. The van der Waals surface area contributed by atoms with Crippen LogP contribution in [-0.4, -0.2) is 43.8 Å². The maximum atomic E-state index is 11.6. The lowest BCUT2D eigenvalue weighted by molar-refractivity contribution is 0.0600. The molecule has 0 amide bonds. The van der Waals surface area contributed by atoms with Crippen molar-refractivity contribution in [3.8, 4) is 0 Å². The van der Waals surface area contributed by atoms with E-state index >= 15 is 0 Å². The topological polar surface area (TPSA) is 51.9 Å². The van der Waals surface area contributed by atoms with Gasteiger partial charge < -0.3 is 13.9 Å². The second-order valence-electron chi connectivity index (χ2n) is 6.02. The largest absolute Gasteiger partial charge is 0.467 e. The lowest BCUT2D eigenvalue weighted by Crippen LogP contribution is -2.36. The third kappa shape index (κ3) is 4.24. The fraction of sp³-hybridized carbons (Fsp3) is 0.421. The van der Waals surface area contributed by atoms with Crippen molar-refractivity contribution in [3.63, 3.8) is 0 Å². The van der Waals surface area contributed by atoms with Gasteiger partial charge >= 0.3 is 5.97 Å². The highest BCUT2D eigenvalue weighted by Crippen LogP contribution is 2.19. The van der Waals surface area contributed by atoms with Gasteiger partial charge in [0.25, 0.3) is 0 Å². The first-order valence-corrected chi connectivity index (χ1v) is 8.27. The Bertz CT molecular complexity index is 646. The standard InChI is InChI=1S/C19H23NO4/c1-22-19(21)16-11-18(24-13-16)12-20(17-8-10-23-14-17)9-7-15-5-3-2-4-6-15/h2-6,11,13,17H,7-10,12,14H2,1H3. The number of carbonyl (C=O) groups is 1. The highest BCUT2D eigenvalue weighted by Gasteiger charge is 2.24. The van der Waals surface area contributed by atoms with Gasteiger partial charge in [0, 0.05) is 19.2 Å². The second kappa shape index (κ2) is 8.13. The number of ether oxygens (including phenoxy) is 2. The molecule has 0 aliphatic carbocycles. The monoisotopic (exact) mass is 329 g/mol. The number of benzene rings is 1. The molecular formula is C19H23NO4. The molecule has 0 saturated carbocycles. The Hall–Kier alpha value is -2.11. The summed E-state index contributed by atoms with van der Waals surface area (Å²) < 4.78 is 15.8. The molecule has 128 valence electrons. The maximum absolute atomic E-state index is 11.6. The number of carbonyl (C=O) groups excluding carboxylic acids is 1. The minimum Gasteiger partial charge on any atom is -0.467 e. The zero-order valence-corrected chi connectivity index (χ0v) is 13.9. The molecule has 1 aromatic carbocycles. The summed E-state index contributed by atoms with van der Waals surface area (Å²) in [7, 11) is 1.37. The fourth-order valence-corrected chi connectivity index (χ4v) is 3.01. The molecule has 1 aliphatic rings. The van der Waals surface area contributed by atoms with E-state index in [1.54, 1.807) is 6.07 Å². The van der Waals surface area contributed by atoms with Gasteiger partial charge in [-0.3, -0.25) is 4.90 Å². The number of esters is 1. The van der Waals surface area contributed by atoms with Crippen molar-refractivity contribution in [2.45, 2.75) is 25.4 Å². The Kier molecular flexibility index (Phi) is 5.67. The van der Waals surface area contributed by atoms with Crippen molar-refractivity contribution in [1.82, 2.24) is 4.90 Å². The van der Waals surface area contributed by atoms with Crippen molar-refractivity contribution in [3.05, 3.63) is 59.5 Å². The molecule has 3 rings (SSSR count). The number of nitrogens with zero attached hydrogens (tertiary/aromatic N) is 1. The molecule has 0 N–H and O–H groups in total. The molecule has 1 aliphatic heterocycles. The Morgan fingerprint density at radius 3 is 2.88 bits per heavy atom. The second-order valence-corrected chi connectivity index (χ2v) is 6.02. The van der Waals surface area contributed by atoms with Crippen molar-refractivity contribution in [1.29, 1.82) is 0 Å². The van der Waals surface area contributed by atoms with Crippen LogP contribution in [0.3, 0.4) is 0 Å². The van der Waals surface area contributed by atoms with Crippen LogP contribution in [0.15, 0.2) is 47.1 Å². The third-order valence-electron chi connectivity index (χ3n) is 4.39. The summed E-state index contributed by atoms with van der Waals surface area (Å²) in [5.41, 5.74) is 1.77. The van der Waals surface area contributed by atoms with Gasteiger partial charge in [0.2, 0.25) is 0 Å². The molecular weight excluding hydrogens is 306 g/mol. The highest BCUT2D eigenvalue weighted by molar-refractivity contribution is 5.88. The number of methoxy groups -OCH3 is 1. The van der Waals surface area contributed by atoms with E-state index in [0.29, 0.717) is 18.2 Å².